The molecule has 154 valence electrons. The number of hydrazone groups is 1. The monoisotopic (exact) mass is 512 g/mol. The van der Waals surface area contributed by atoms with Crippen molar-refractivity contribution in [3.8, 4) is 0 Å². The molecule has 0 aliphatic heterocycles. The molecule has 0 saturated heterocycles. The zero-order valence-corrected chi connectivity index (χ0v) is 18.9. The number of fused-ring (bicyclic) bond motifs is 1. The van der Waals surface area contributed by atoms with E-state index in [2.05, 4.69) is 26.0 Å². The molecule has 4 aromatic rings. The molecule has 7 nitrogen and oxygen atoms in total. The van der Waals surface area contributed by atoms with Crippen LogP contribution in [-0.4, -0.2) is 22.0 Å². The predicted molar refractivity (Wildman–Crippen MR) is 129 cm³/mol. The Morgan fingerprint density at radius 3 is 2.68 bits per heavy atom. The molecule has 0 radical (unpaired) electrons. The molecule has 0 aliphatic rings. The van der Waals surface area contributed by atoms with Crippen molar-refractivity contribution < 1.29 is 9.72 Å². The van der Waals surface area contributed by atoms with Gasteiger partial charge >= 0.3 is 5.00 Å². The molecule has 0 spiro atoms. The van der Waals surface area contributed by atoms with E-state index in [0.29, 0.717) is 10.0 Å². The number of benzene rings is 2. The van der Waals surface area contributed by atoms with E-state index in [-0.39, 0.29) is 10.9 Å². The molecule has 2 aromatic heterocycles. The predicted octanol–water partition coefficient (Wildman–Crippen LogP) is 6.11. The van der Waals surface area contributed by atoms with Crippen molar-refractivity contribution in [2.75, 3.05) is 5.01 Å². The van der Waals surface area contributed by atoms with Crippen LogP contribution in [0.2, 0.25) is 0 Å². The van der Waals surface area contributed by atoms with E-state index in [4.69, 9.17) is 0 Å². The molecule has 0 fully saturated rings. The van der Waals surface area contributed by atoms with Gasteiger partial charge in [-0.05, 0) is 35.9 Å². The molecule has 10 heteroatoms. The Balaban J connectivity index is 1.67. The highest BCUT2D eigenvalue weighted by Crippen LogP contribution is 2.31. The van der Waals surface area contributed by atoms with Crippen molar-refractivity contribution in [3.63, 3.8) is 0 Å². The Kier molecular flexibility index (Phi) is 6.31. The summed E-state index contributed by atoms with van der Waals surface area (Å²) in [6, 6.07) is 18.1. The fourth-order valence-corrected chi connectivity index (χ4v) is 4.77. The minimum Gasteiger partial charge on any atom is -0.267 e. The smallest absolute Gasteiger partial charge is 0.267 e. The van der Waals surface area contributed by atoms with Gasteiger partial charge in [-0.1, -0.05) is 68.9 Å². The Hall–Kier alpha value is -3.21. The van der Waals surface area contributed by atoms with Crippen LogP contribution in [0.1, 0.15) is 10.4 Å². The Morgan fingerprint density at radius 1 is 1.13 bits per heavy atom. The summed E-state index contributed by atoms with van der Waals surface area (Å²) in [6.07, 6.45) is 4.55. The van der Waals surface area contributed by atoms with E-state index in [9.17, 15) is 14.9 Å². The molecule has 2 aromatic carbocycles. The summed E-state index contributed by atoms with van der Waals surface area (Å²) < 4.78 is 1.81. The van der Waals surface area contributed by atoms with Crippen molar-refractivity contribution in [2.24, 2.45) is 5.10 Å². The maximum absolute atomic E-state index is 13.0. The molecule has 0 N–H and O–H groups in total. The van der Waals surface area contributed by atoms with Crippen molar-refractivity contribution in [2.45, 2.75) is 0 Å². The number of thiophene rings is 1. The van der Waals surface area contributed by atoms with Crippen LogP contribution in [0.5, 0.6) is 0 Å². The van der Waals surface area contributed by atoms with Crippen molar-refractivity contribution in [1.82, 2.24) is 4.98 Å². The molecule has 31 heavy (non-hydrogen) atoms. The number of anilines is 1. The molecule has 0 bridgehead atoms. The van der Waals surface area contributed by atoms with Gasteiger partial charge in [0.05, 0.1) is 26.2 Å². The highest BCUT2D eigenvalue weighted by atomic mass is 79.9. The largest absolute Gasteiger partial charge is 0.324 e. The Labute approximate surface area is 193 Å². The summed E-state index contributed by atoms with van der Waals surface area (Å²) in [5.41, 5.74) is 1.62. The second kappa shape index (κ2) is 9.29. The molecule has 4 rings (SSSR count). The van der Waals surface area contributed by atoms with Gasteiger partial charge in [0, 0.05) is 16.6 Å². The number of rotatable bonds is 6. The standard InChI is InChI=1S/C21H13BrN4O3S2/c22-15-7-9-17-18(12-15)31-21(24-17)25(19(27)10-6-14-4-2-1-3-5-14)23-13-16-8-11-20(30-16)26(28)29/h1-13H/b10-6+,23-13+. The van der Waals surface area contributed by atoms with Gasteiger partial charge in [-0.2, -0.15) is 10.1 Å². The number of hydrogen-bond donors (Lipinski definition) is 0. The second-order valence-electron chi connectivity index (χ2n) is 6.18. The molecule has 0 saturated carbocycles. The third-order valence-electron chi connectivity index (χ3n) is 4.04. The summed E-state index contributed by atoms with van der Waals surface area (Å²) in [5, 5.41) is 16.8. The number of halogens is 1. The van der Waals surface area contributed by atoms with E-state index >= 15 is 0 Å². The summed E-state index contributed by atoms with van der Waals surface area (Å²) in [7, 11) is 0. The molecular formula is C21H13BrN4O3S2. The maximum atomic E-state index is 13.0. The van der Waals surface area contributed by atoms with E-state index in [1.54, 1.807) is 12.1 Å². The first-order chi connectivity index (χ1) is 15.0. The lowest BCUT2D eigenvalue weighted by Gasteiger charge is -2.10. The second-order valence-corrected chi connectivity index (χ2v) is 9.20. The van der Waals surface area contributed by atoms with Crippen LogP contribution >= 0.6 is 38.6 Å². The fraction of sp³-hybridized carbons (Fsp3) is 0. The van der Waals surface area contributed by atoms with Crippen molar-refractivity contribution in [1.29, 1.82) is 0 Å². The average molecular weight is 513 g/mol. The Bertz CT molecular complexity index is 1310. The lowest BCUT2D eigenvalue weighted by atomic mass is 10.2. The first-order valence-corrected chi connectivity index (χ1v) is 11.3. The number of carbonyl (C=O) groups excluding carboxylic acids is 1. The summed E-state index contributed by atoms with van der Waals surface area (Å²) in [4.78, 5) is 28.5. The first kappa shape index (κ1) is 21.0. The van der Waals surface area contributed by atoms with Gasteiger partial charge < -0.3 is 0 Å². The molecule has 0 unspecified atom stereocenters. The zero-order chi connectivity index (χ0) is 21.8. The minimum absolute atomic E-state index is 0.00753. The van der Waals surface area contributed by atoms with Crippen LogP contribution in [0.15, 0.2) is 76.3 Å². The minimum atomic E-state index is -0.459. The average Bonchev–Trinajstić information content (AvgIpc) is 3.40. The molecular weight excluding hydrogens is 500 g/mol. The fourth-order valence-electron chi connectivity index (χ4n) is 2.60. The third-order valence-corrected chi connectivity index (χ3v) is 6.50. The van der Waals surface area contributed by atoms with Gasteiger partial charge in [-0.25, -0.2) is 4.98 Å². The van der Waals surface area contributed by atoms with Crippen LogP contribution in [0.4, 0.5) is 10.1 Å². The maximum Gasteiger partial charge on any atom is 0.324 e. The number of aromatic nitrogens is 1. The SMILES string of the molecule is O=C(/C=C/c1ccccc1)N(/N=C/c1ccc([N+](=O)[O-])s1)c1nc2ccc(Br)cc2s1. The van der Waals surface area contributed by atoms with E-state index in [0.717, 1.165) is 31.6 Å². The summed E-state index contributed by atoms with van der Waals surface area (Å²) in [5.74, 6) is -0.385. The van der Waals surface area contributed by atoms with Crippen LogP contribution in [0, 0.1) is 10.1 Å². The first-order valence-electron chi connectivity index (χ1n) is 8.91. The van der Waals surface area contributed by atoms with Gasteiger partial charge in [-0.3, -0.25) is 14.9 Å². The van der Waals surface area contributed by atoms with Gasteiger partial charge in [0.2, 0.25) is 5.13 Å². The van der Waals surface area contributed by atoms with Crippen LogP contribution < -0.4 is 5.01 Å². The number of hydrogen-bond acceptors (Lipinski definition) is 7. The van der Waals surface area contributed by atoms with Gasteiger partial charge in [0.15, 0.2) is 0 Å². The number of amides is 1. The van der Waals surface area contributed by atoms with Crippen LogP contribution in [-0.2, 0) is 4.79 Å². The molecule has 2 heterocycles. The number of thiazole rings is 1. The van der Waals surface area contributed by atoms with Gasteiger partial charge in [-0.15, -0.1) is 0 Å². The number of nitrogens with zero attached hydrogens (tertiary/aromatic N) is 4. The van der Waals surface area contributed by atoms with E-state index < -0.39 is 4.92 Å². The molecule has 1 amide bonds. The van der Waals surface area contributed by atoms with Crippen molar-refractivity contribution >= 4 is 77.2 Å². The topological polar surface area (TPSA) is 88.7 Å². The summed E-state index contributed by atoms with van der Waals surface area (Å²) >= 11 is 5.74. The molecule has 0 aliphatic carbocycles. The normalized spacial score (nSPS) is 11.5. The zero-order valence-electron chi connectivity index (χ0n) is 15.7. The van der Waals surface area contributed by atoms with Gasteiger partial charge in [0.25, 0.3) is 5.91 Å². The van der Waals surface area contributed by atoms with E-state index in [1.165, 1.54) is 34.7 Å². The lowest BCUT2D eigenvalue weighted by molar-refractivity contribution is -0.380. The summed E-state index contributed by atoms with van der Waals surface area (Å²) in [6.45, 7) is 0. The van der Waals surface area contributed by atoms with Crippen LogP contribution in [0.3, 0.4) is 0 Å². The van der Waals surface area contributed by atoms with E-state index in [1.807, 2.05) is 48.5 Å². The number of carbonyl (C=O) groups is 1. The number of nitro groups is 1. The lowest BCUT2D eigenvalue weighted by Crippen LogP contribution is -2.23. The highest BCUT2D eigenvalue weighted by molar-refractivity contribution is 9.10. The van der Waals surface area contributed by atoms with Gasteiger partial charge in [0.1, 0.15) is 0 Å². The quantitative estimate of drug-likeness (QED) is 0.135. The third kappa shape index (κ3) is 5.10. The van der Waals surface area contributed by atoms with Crippen LogP contribution in [0.25, 0.3) is 16.3 Å². The van der Waals surface area contributed by atoms with Crippen molar-refractivity contribution in [3.05, 3.63) is 91.8 Å². The molecule has 0 atom stereocenters. The highest BCUT2D eigenvalue weighted by Gasteiger charge is 2.18. The Morgan fingerprint density at radius 2 is 1.94 bits per heavy atom.